The van der Waals surface area contributed by atoms with E-state index in [0.29, 0.717) is 44.8 Å². The summed E-state index contributed by atoms with van der Waals surface area (Å²) >= 11 is 6.18. The van der Waals surface area contributed by atoms with E-state index in [4.69, 9.17) is 16.3 Å². The number of nitrogens with zero attached hydrogens (tertiary/aromatic N) is 1. The van der Waals surface area contributed by atoms with Gasteiger partial charge in [0.25, 0.3) is 11.8 Å². The van der Waals surface area contributed by atoms with Gasteiger partial charge in [-0.15, -0.1) is 0 Å². The zero-order valence-corrected chi connectivity index (χ0v) is 19.9. The van der Waals surface area contributed by atoms with Crippen molar-refractivity contribution in [3.63, 3.8) is 0 Å². The highest BCUT2D eigenvalue weighted by Gasteiger charge is 2.31. The Bertz CT molecular complexity index is 1290. The van der Waals surface area contributed by atoms with Gasteiger partial charge >= 0.3 is 0 Å². The van der Waals surface area contributed by atoms with Gasteiger partial charge in [0.2, 0.25) is 0 Å². The topological polar surface area (TPSA) is 75.7 Å². The summed E-state index contributed by atoms with van der Waals surface area (Å²) in [6, 6.07) is 19.1. The molecule has 1 saturated heterocycles. The van der Waals surface area contributed by atoms with Crippen molar-refractivity contribution in [3.8, 4) is 0 Å². The van der Waals surface area contributed by atoms with Crippen LogP contribution < -0.4 is 10.2 Å². The Morgan fingerprint density at radius 2 is 1.94 bits per heavy atom. The van der Waals surface area contributed by atoms with Gasteiger partial charge in [0.05, 0.1) is 44.5 Å². The Hall–Kier alpha value is -3.00. The Morgan fingerprint density at radius 1 is 1.09 bits per heavy atom. The molecule has 3 aromatic carbocycles. The third-order valence-corrected chi connectivity index (χ3v) is 7.75. The van der Waals surface area contributed by atoms with E-state index >= 15 is 0 Å². The maximum Gasteiger partial charge on any atom is 0.259 e. The quantitative estimate of drug-likeness (QED) is 0.563. The predicted octanol–water partition coefficient (Wildman–Crippen LogP) is 4.58. The largest absolute Gasteiger partial charge is 0.376 e. The third-order valence-electron chi connectivity index (χ3n) is 6.02. The first-order valence-electron chi connectivity index (χ1n) is 11.1. The number of amides is 2. The van der Waals surface area contributed by atoms with Crippen molar-refractivity contribution in [1.82, 2.24) is 5.32 Å². The highest BCUT2D eigenvalue weighted by atomic mass is 35.5. The van der Waals surface area contributed by atoms with E-state index in [1.807, 2.05) is 12.1 Å². The maximum atomic E-state index is 13.7. The summed E-state index contributed by atoms with van der Waals surface area (Å²) in [5.41, 5.74) is 2.04. The fraction of sp³-hybridized carbons (Fsp3) is 0.231. The highest BCUT2D eigenvalue weighted by molar-refractivity contribution is 7.85. The summed E-state index contributed by atoms with van der Waals surface area (Å²) in [4.78, 5) is 29.1. The zero-order chi connectivity index (χ0) is 23.7. The van der Waals surface area contributed by atoms with Crippen LogP contribution in [0.25, 0.3) is 0 Å². The summed E-state index contributed by atoms with van der Waals surface area (Å²) in [6.07, 6.45) is 1.93. The van der Waals surface area contributed by atoms with Gasteiger partial charge in [-0.2, -0.15) is 0 Å². The van der Waals surface area contributed by atoms with Crippen LogP contribution in [0.5, 0.6) is 0 Å². The molecule has 1 fully saturated rings. The second-order valence-corrected chi connectivity index (χ2v) is 10.2. The van der Waals surface area contributed by atoms with Crippen LogP contribution >= 0.6 is 11.6 Å². The van der Waals surface area contributed by atoms with Crippen molar-refractivity contribution >= 4 is 39.9 Å². The molecular weight excluding hydrogens is 472 g/mol. The Balaban J connectivity index is 1.54. The van der Waals surface area contributed by atoms with Gasteiger partial charge in [-0.25, -0.2) is 4.21 Å². The van der Waals surface area contributed by atoms with Gasteiger partial charge in [-0.05, 0) is 60.9 Å². The maximum absolute atomic E-state index is 13.7. The number of carbonyl (C=O) groups is 2. The van der Waals surface area contributed by atoms with E-state index in [-0.39, 0.29) is 24.5 Å². The average Bonchev–Trinajstić information content (AvgIpc) is 3.36. The van der Waals surface area contributed by atoms with Crippen LogP contribution in [0.4, 0.5) is 5.69 Å². The molecule has 5 rings (SSSR count). The lowest BCUT2D eigenvalue weighted by Gasteiger charge is -2.24. The third kappa shape index (κ3) is 4.51. The van der Waals surface area contributed by atoms with Crippen LogP contribution in [0.2, 0.25) is 5.02 Å². The number of rotatable bonds is 5. The van der Waals surface area contributed by atoms with E-state index < -0.39 is 10.8 Å². The van der Waals surface area contributed by atoms with E-state index in [1.165, 1.54) is 0 Å². The number of hydrogen-bond acceptors (Lipinski definition) is 4. The number of anilines is 1. The predicted molar refractivity (Wildman–Crippen MR) is 131 cm³/mol. The van der Waals surface area contributed by atoms with Crippen LogP contribution in [-0.2, 0) is 22.1 Å². The molecule has 3 aromatic rings. The molecule has 0 spiro atoms. The zero-order valence-electron chi connectivity index (χ0n) is 18.3. The standard InChI is InChI=1S/C26H23ClN2O4S/c27-19-6-3-5-17(13-19)16-29-22-14-18(25(30)28-15-20-7-4-12-33-20)10-11-24(22)34(32)23-9-2-1-8-21(23)26(29)31/h1-3,5-6,8-11,13-14,20H,4,7,12,15-16H2,(H,28,30)/t20-,34+/m1/s1. The molecule has 1 N–H and O–H groups in total. The highest BCUT2D eigenvalue weighted by Crippen LogP contribution is 2.36. The van der Waals surface area contributed by atoms with Crippen molar-refractivity contribution < 1.29 is 18.5 Å². The second-order valence-electron chi connectivity index (χ2n) is 8.31. The lowest BCUT2D eigenvalue weighted by atomic mass is 10.1. The van der Waals surface area contributed by atoms with Crippen LogP contribution in [0.15, 0.2) is 76.5 Å². The van der Waals surface area contributed by atoms with E-state index in [2.05, 4.69) is 5.32 Å². The summed E-state index contributed by atoms with van der Waals surface area (Å²) < 4.78 is 19.1. The molecule has 174 valence electrons. The monoisotopic (exact) mass is 494 g/mol. The molecule has 8 heteroatoms. The molecule has 6 nitrogen and oxygen atoms in total. The van der Waals surface area contributed by atoms with E-state index in [0.717, 1.165) is 18.4 Å². The molecule has 0 unspecified atom stereocenters. The van der Waals surface area contributed by atoms with Crippen LogP contribution in [0, 0.1) is 0 Å². The average molecular weight is 495 g/mol. The normalized spacial score (nSPS) is 19.3. The Kier molecular flexibility index (Phi) is 6.50. The molecule has 0 bridgehead atoms. The van der Waals surface area contributed by atoms with Crippen LogP contribution in [-0.4, -0.2) is 35.3 Å². The first-order valence-corrected chi connectivity index (χ1v) is 12.6. The smallest absolute Gasteiger partial charge is 0.259 e. The number of carbonyl (C=O) groups excluding carboxylic acids is 2. The SMILES string of the molecule is O=C(NC[C@H]1CCCO1)c1ccc2c(c1)N(Cc1cccc(Cl)c1)C(=O)c1ccccc1[S@@]2=O. The molecule has 34 heavy (non-hydrogen) atoms. The lowest BCUT2D eigenvalue weighted by Crippen LogP contribution is -2.33. The first kappa shape index (κ1) is 22.8. The van der Waals surface area contributed by atoms with Crippen molar-refractivity contribution in [1.29, 1.82) is 0 Å². The fourth-order valence-electron chi connectivity index (χ4n) is 4.29. The van der Waals surface area contributed by atoms with Crippen LogP contribution in [0.1, 0.15) is 39.1 Å². The number of nitrogens with one attached hydrogen (secondary N) is 1. The fourth-order valence-corrected chi connectivity index (χ4v) is 5.85. The number of benzene rings is 3. The van der Waals surface area contributed by atoms with Gasteiger partial charge in [0.15, 0.2) is 0 Å². The molecule has 2 heterocycles. The summed E-state index contributed by atoms with van der Waals surface area (Å²) in [6.45, 7) is 1.36. The van der Waals surface area contributed by atoms with Gasteiger partial charge in [0.1, 0.15) is 0 Å². The van der Waals surface area contributed by atoms with Crippen molar-refractivity contribution in [2.75, 3.05) is 18.1 Å². The first-order chi connectivity index (χ1) is 16.5. The van der Waals surface area contributed by atoms with Gasteiger partial charge in [-0.1, -0.05) is 35.9 Å². The summed E-state index contributed by atoms with van der Waals surface area (Å²) in [7, 11) is -1.58. The Morgan fingerprint density at radius 3 is 2.74 bits per heavy atom. The lowest BCUT2D eigenvalue weighted by molar-refractivity contribution is 0.0857. The van der Waals surface area contributed by atoms with Gasteiger partial charge < -0.3 is 15.0 Å². The minimum atomic E-state index is -1.58. The van der Waals surface area contributed by atoms with Crippen LogP contribution in [0.3, 0.4) is 0 Å². The molecule has 0 aromatic heterocycles. The molecular formula is C26H23ClN2O4S. The number of halogens is 1. The molecule has 2 aliphatic heterocycles. The molecule has 2 atom stereocenters. The van der Waals surface area contributed by atoms with E-state index in [9.17, 15) is 13.8 Å². The molecule has 0 radical (unpaired) electrons. The van der Waals surface area contributed by atoms with Crippen molar-refractivity contribution in [2.45, 2.75) is 35.3 Å². The van der Waals surface area contributed by atoms with Crippen molar-refractivity contribution in [3.05, 3.63) is 88.4 Å². The van der Waals surface area contributed by atoms with Gasteiger partial charge in [0, 0.05) is 23.7 Å². The second kappa shape index (κ2) is 9.70. The number of fused-ring (bicyclic) bond motifs is 2. The number of hydrogen-bond donors (Lipinski definition) is 1. The summed E-state index contributed by atoms with van der Waals surface area (Å²) in [5.74, 6) is -0.541. The summed E-state index contributed by atoms with van der Waals surface area (Å²) in [5, 5.41) is 3.48. The molecule has 2 aliphatic rings. The Labute approximate surface area is 205 Å². The molecule has 0 saturated carbocycles. The van der Waals surface area contributed by atoms with Crippen molar-refractivity contribution in [2.24, 2.45) is 0 Å². The number of ether oxygens (including phenoxy) is 1. The minimum Gasteiger partial charge on any atom is -0.376 e. The van der Waals surface area contributed by atoms with E-state index in [1.54, 1.807) is 59.5 Å². The molecule has 0 aliphatic carbocycles. The minimum absolute atomic E-state index is 0.0210. The molecule has 2 amide bonds. The van der Waals surface area contributed by atoms with Gasteiger partial charge in [-0.3, -0.25) is 9.59 Å².